The minimum Gasteiger partial charge on any atom is -0.489 e. The second-order valence-electron chi connectivity index (χ2n) is 6.10. The molecule has 0 fully saturated rings. The lowest BCUT2D eigenvalue weighted by molar-refractivity contribution is -0.114. The van der Waals surface area contributed by atoms with Crippen molar-refractivity contribution in [3.05, 3.63) is 71.0 Å². The highest BCUT2D eigenvalue weighted by molar-refractivity contribution is 8.18. The maximum absolute atomic E-state index is 13.0. The number of nitrogens with zero attached hydrogens (tertiary/aromatic N) is 3. The normalized spacial score (nSPS) is 17.3. The summed E-state index contributed by atoms with van der Waals surface area (Å²) < 4.78 is 22.9. The minimum absolute atomic E-state index is 0.0646. The van der Waals surface area contributed by atoms with Crippen molar-refractivity contribution in [2.45, 2.75) is 6.61 Å². The summed E-state index contributed by atoms with van der Waals surface area (Å²) in [5.74, 6) is -0.0267. The highest BCUT2D eigenvalue weighted by Gasteiger charge is 2.36. The van der Waals surface area contributed by atoms with Gasteiger partial charge < -0.3 is 4.74 Å². The number of benzene rings is 2. The molecule has 0 radical (unpaired) electrons. The summed E-state index contributed by atoms with van der Waals surface area (Å²) in [5.41, 5.74) is 1.82. The van der Waals surface area contributed by atoms with Gasteiger partial charge in [-0.15, -0.1) is 0 Å². The molecule has 0 unspecified atom stereocenters. The number of halogens is 1. The lowest BCUT2D eigenvalue weighted by Gasteiger charge is -2.23. The van der Waals surface area contributed by atoms with Crippen LogP contribution in [0.4, 0.5) is 4.39 Å². The first-order valence-corrected chi connectivity index (χ1v) is 10.5. The third-order valence-corrected chi connectivity index (χ3v) is 5.64. The van der Waals surface area contributed by atoms with Crippen LogP contribution in [0, 0.1) is 11.2 Å². The molecule has 29 heavy (non-hydrogen) atoms. The van der Waals surface area contributed by atoms with Gasteiger partial charge in [-0.1, -0.05) is 36.0 Å². The Hall–Kier alpha value is -2.91. The SMILES string of the molecule is CSC1=NSC2=NC(=O)/C(=C\c3ccc(OCc4ccc(F)cc4)cc3)C(=N)N12. The number of fused-ring (bicyclic) bond motifs is 1. The monoisotopic (exact) mass is 426 g/mol. The predicted octanol–water partition coefficient (Wildman–Crippen LogP) is 4.34. The van der Waals surface area contributed by atoms with Crippen LogP contribution in [0.15, 0.2) is 63.5 Å². The molecule has 146 valence electrons. The number of amidine groups is 3. The maximum atomic E-state index is 13.0. The molecule has 1 N–H and O–H groups in total. The smallest absolute Gasteiger partial charge is 0.283 e. The molecule has 0 atom stereocenters. The van der Waals surface area contributed by atoms with Crippen molar-refractivity contribution in [3.63, 3.8) is 0 Å². The summed E-state index contributed by atoms with van der Waals surface area (Å²) in [7, 11) is 0. The van der Waals surface area contributed by atoms with Crippen molar-refractivity contribution in [1.29, 1.82) is 5.41 Å². The largest absolute Gasteiger partial charge is 0.489 e. The fourth-order valence-electron chi connectivity index (χ4n) is 2.71. The second-order valence-corrected chi connectivity index (χ2v) is 7.60. The molecule has 2 aromatic carbocycles. The molecule has 2 aromatic rings. The molecule has 2 aliphatic heterocycles. The number of thioether (sulfide) groups is 1. The maximum Gasteiger partial charge on any atom is 0.283 e. The number of hydrogen-bond acceptors (Lipinski definition) is 6. The molecule has 0 saturated heterocycles. The van der Waals surface area contributed by atoms with Gasteiger partial charge in [0.1, 0.15) is 24.0 Å². The van der Waals surface area contributed by atoms with Crippen molar-refractivity contribution in [1.82, 2.24) is 4.90 Å². The molecule has 0 saturated carbocycles. The zero-order chi connectivity index (χ0) is 20.4. The van der Waals surface area contributed by atoms with E-state index >= 15 is 0 Å². The first kappa shape index (κ1) is 19.4. The average molecular weight is 426 g/mol. The first-order valence-electron chi connectivity index (χ1n) is 8.55. The Morgan fingerprint density at radius 3 is 2.62 bits per heavy atom. The number of carbonyl (C=O) groups is 1. The van der Waals surface area contributed by atoms with Gasteiger partial charge in [-0.05, 0) is 47.7 Å². The van der Waals surface area contributed by atoms with Crippen molar-refractivity contribution in [3.8, 4) is 5.75 Å². The van der Waals surface area contributed by atoms with Crippen LogP contribution in [0.2, 0.25) is 0 Å². The second kappa shape index (κ2) is 8.22. The molecule has 1 amide bonds. The molecule has 0 spiro atoms. The Labute approximate surface area is 175 Å². The van der Waals surface area contributed by atoms with E-state index in [1.54, 1.807) is 47.4 Å². The van der Waals surface area contributed by atoms with Gasteiger partial charge in [0, 0.05) is 0 Å². The van der Waals surface area contributed by atoms with Gasteiger partial charge in [-0.2, -0.15) is 9.39 Å². The van der Waals surface area contributed by atoms with Crippen molar-refractivity contribution >= 4 is 51.9 Å². The van der Waals surface area contributed by atoms with Crippen molar-refractivity contribution < 1.29 is 13.9 Å². The van der Waals surface area contributed by atoms with Gasteiger partial charge in [-0.25, -0.2) is 9.29 Å². The molecule has 0 aromatic heterocycles. The number of aliphatic imine (C=N–C) groups is 1. The highest BCUT2D eigenvalue weighted by atomic mass is 32.2. The quantitative estimate of drug-likeness (QED) is 0.581. The van der Waals surface area contributed by atoms with E-state index in [1.807, 2.05) is 6.26 Å². The molecule has 0 aliphatic carbocycles. The van der Waals surface area contributed by atoms with Gasteiger partial charge >= 0.3 is 0 Å². The zero-order valence-corrected chi connectivity index (χ0v) is 16.9. The van der Waals surface area contributed by atoms with E-state index < -0.39 is 5.91 Å². The summed E-state index contributed by atoms with van der Waals surface area (Å²) in [6.07, 6.45) is 3.50. The number of hydrogen-bond donors (Lipinski definition) is 1. The van der Waals surface area contributed by atoms with Gasteiger partial charge in [0.2, 0.25) is 5.17 Å². The molecule has 9 heteroatoms. The number of rotatable bonds is 4. The molecule has 4 rings (SSSR count). The summed E-state index contributed by atoms with van der Waals surface area (Å²) in [5, 5.41) is 9.44. The molecule has 0 bridgehead atoms. The van der Waals surface area contributed by atoms with E-state index in [1.165, 1.54) is 23.9 Å². The van der Waals surface area contributed by atoms with Crippen LogP contribution in [-0.4, -0.2) is 33.2 Å². The van der Waals surface area contributed by atoms with Crippen LogP contribution in [-0.2, 0) is 11.4 Å². The van der Waals surface area contributed by atoms with Crippen LogP contribution in [0.3, 0.4) is 0 Å². The van der Waals surface area contributed by atoms with Crippen molar-refractivity contribution in [2.24, 2.45) is 9.39 Å². The van der Waals surface area contributed by atoms with E-state index in [4.69, 9.17) is 10.1 Å². The van der Waals surface area contributed by atoms with Crippen LogP contribution in [0.1, 0.15) is 11.1 Å². The summed E-state index contributed by atoms with van der Waals surface area (Å²) >= 11 is 2.49. The number of carbonyl (C=O) groups excluding carboxylic acids is 1. The molecule has 2 aliphatic rings. The lowest BCUT2D eigenvalue weighted by Crippen LogP contribution is -2.41. The van der Waals surface area contributed by atoms with E-state index in [0.717, 1.165) is 23.1 Å². The van der Waals surface area contributed by atoms with E-state index in [2.05, 4.69) is 9.39 Å². The topological polar surface area (TPSA) is 78.1 Å². The van der Waals surface area contributed by atoms with Crippen LogP contribution < -0.4 is 4.74 Å². The fourth-order valence-corrected chi connectivity index (χ4v) is 4.16. The van der Waals surface area contributed by atoms with E-state index in [0.29, 0.717) is 22.7 Å². The number of ether oxygens (including phenoxy) is 1. The predicted molar refractivity (Wildman–Crippen MR) is 116 cm³/mol. The van der Waals surface area contributed by atoms with Crippen molar-refractivity contribution in [2.75, 3.05) is 6.26 Å². The Kier molecular flexibility index (Phi) is 5.50. The Morgan fingerprint density at radius 2 is 1.93 bits per heavy atom. The summed E-state index contributed by atoms with van der Waals surface area (Å²) in [6, 6.07) is 13.3. The Bertz CT molecular complexity index is 1060. The molecule has 6 nitrogen and oxygen atoms in total. The highest BCUT2D eigenvalue weighted by Crippen LogP contribution is 2.31. The van der Waals surface area contributed by atoms with E-state index in [-0.39, 0.29) is 17.2 Å². The third-order valence-electron chi connectivity index (χ3n) is 4.19. The number of nitrogens with one attached hydrogen (secondary N) is 1. The van der Waals surface area contributed by atoms with Crippen LogP contribution in [0.5, 0.6) is 5.75 Å². The van der Waals surface area contributed by atoms with Gasteiger partial charge in [0.05, 0.1) is 17.5 Å². The summed E-state index contributed by atoms with van der Waals surface area (Å²) in [4.78, 5) is 18.0. The molecule has 2 heterocycles. The van der Waals surface area contributed by atoms with Crippen LogP contribution >= 0.6 is 23.7 Å². The van der Waals surface area contributed by atoms with Gasteiger partial charge in [0.15, 0.2) is 5.17 Å². The summed E-state index contributed by atoms with van der Waals surface area (Å²) in [6.45, 7) is 0.324. The minimum atomic E-state index is -0.456. The Morgan fingerprint density at radius 1 is 1.21 bits per heavy atom. The standard InChI is InChI=1S/C20H15FN4O2S2/c1-28-20-24-29-19-23-18(26)16(17(22)25(19)20)10-12-4-8-15(9-5-12)27-11-13-2-6-14(21)7-3-13/h2-10,22H,11H2,1H3/b16-10-,22-17?. The molecular formula is C20H15FN4O2S2. The third kappa shape index (κ3) is 4.10. The number of amides is 1. The Balaban J connectivity index is 1.48. The molecular weight excluding hydrogens is 411 g/mol. The average Bonchev–Trinajstić information content (AvgIpc) is 3.14. The van der Waals surface area contributed by atoms with Gasteiger partial charge in [-0.3, -0.25) is 10.2 Å². The fraction of sp³-hybridized carbons (Fsp3) is 0.100. The van der Waals surface area contributed by atoms with Crippen LogP contribution in [0.25, 0.3) is 6.08 Å². The first-order chi connectivity index (χ1) is 14.0. The zero-order valence-electron chi connectivity index (χ0n) is 15.3. The van der Waals surface area contributed by atoms with E-state index in [9.17, 15) is 9.18 Å². The van der Waals surface area contributed by atoms with Gasteiger partial charge in [0.25, 0.3) is 5.91 Å². The lowest BCUT2D eigenvalue weighted by atomic mass is 10.1.